The third-order valence-electron chi connectivity index (χ3n) is 11.1. The Hall–Kier alpha value is -6.90. The average molecular weight is 661 g/mol. The molecule has 52 heavy (non-hydrogen) atoms. The van der Waals surface area contributed by atoms with Gasteiger partial charge in [0.15, 0.2) is 0 Å². The van der Waals surface area contributed by atoms with Crippen LogP contribution in [-0.2, 0) is 0 Å². The van der Waals surface area contributed by atoms with Crippen LogP contribution in [0.4, 0.5) is 0 Å². The molecule has 10 aromatic carbocycles. The maximum absolute atomic E-state index is 6.49. The van der Waals surface area contributed by atoms with Crippen molar-refractivity contribution in [2.75, 3.05) is 0 Å². The van der Waals surface area contributed by atoms with Crippen LogP contribution >= 0.6 is 0 Å². The van der Waals surface area contributed by atoms with Gasteiger partial charge in [-0.3, -0.25) is 0 Å². The predicted octanol–water partition coefficient (Wildman–Crippen LogP) is 14.6. The van der Waals surface area contributed by atoms with Crippen molar-refractivity contribution in [2.24, 2.45) is 0 Å². The molecule has 12 aromatic rings. The molecule has 0 radical (unpaired) electrons. The van der Waals surface area contributed by atoms with E-state index in [1.165, 1.54) is 76.1 Å². The van der Waals surface area contributed by atoms with Crippen molar-refractivity contribution >= 4 is 97.7 Å². The van der Waals surface area contributed by atoms with Crippen molar-refractivity contribution in [3.8, 4) is 22.3 Å². The van der Waals surface area contributed by atoms with Crippen LogP contribution in [-0.4, -0.2) is 0 Å². The highest BCUT2D eigenvalue weighted by Crippen LogP contribution is 2.46. The molecule has 240 valence electrons. The van der Waals surface area contributed by atoms with Gasteiger partial charge in [0.1, 0.15) is 22.3 Å². The molecule has 12 rings (SSSR count). The number of fused-ring (bicyclic) bond motifs is 11. The summed E-state index contributed by atoms with van der Waals surface area (Å²) in [5, 5.41) is 16.7. The first kappa shape index (κ1) is 27.9. The van der Waals surface area contributed by atoms with Crippen molar-refractivity contribution in [1.82, 2.24) is 0 Å². The van der Waals surface area contributed by atoms with E-state index in [1.807, 2.05) is 0 Å². The Morgan fingerprint density at radius 1 is 0.231 bits per heavy atom. The highest BCUT2D eigenvalue weighted by atomic mass is 16.3. The van der Waals surface area contributed by atoms with E-state index in [-0.39, 0.29) is 0 Å². The molecule has 0 spiro atoms. The molecule has 0 aliphatic rings. The van der Waals surface area contributed by atoms with Crippen LogP contribution in [0.3, 0.4) is 0 Å². The van der Waals surface area contributed by atoms with Crippen molar-refractivity contribution < 1.29 is 8.83 Å². The summed E-state index contributed by atoms with van der Waals surface area (Å²) >= 11 is 0. The van der Waals surface area contributed by atoms with E-state index in [2.05, 4.69) is 170 Å². The first-order valence-electron chi connectivity index (χ1n) is 17.8. The second-order valence-corrected chi connectivity index (χ2v) is 14.1. The van der Waals surface area contributed by atoms with Crippen LogP contribution < -0.4 is 0 Å². The molecule has 2 heteroatoms. The molecule has 0 bridgehead atoms. The van der Waals surface area contributed by atoms with Crippen LogP contribution in [0.15, 0.2) is 179 Å². The molecule has 0 fully saturated rings. The standard InChI is InChI=1S/C50H28O2/c1-2-10-30-22-36-28-48-44(26-35(36)21-29(30)9-1)42-25-34(18-20-46(42)52-48)50-39-15-7-5-13-37(39)49(38-14-6-8-16-40(38)50)33-17-19-45-41(24-33)43-23-31-11-3-4-12-32(31)27-47(43)51-45/h1-28H. The van der Waals surface area contributed by atoms with Gasteiger partial charge in [-0.1, -0.05) is 109 Å². The van der Waals surface area contributed by atoms with Crippen LogP contribution in [0.1, 0.15) is 0 Å². The summed E-state index contributed by atoms with van der Waals surface area (Å²) in [7, 11) is 0. The molecule has 0 saturated carbocycles. The van der Waals surface area contributed by atoms with Gasteiger partial charge in [0.25, 0.3) is 0 Å². The molecule has 0 aliphatic heterocycles. The summed E-state index contributed by atoms with van der Waals surface area (Å²) in [5.74, 6) is 0. The van der Waals surface area contributed by atoms with E-state index >= 15 is 0 Å². The second kappa shape index (κ2) is 10.3. The first-order chi connectivity index (χ1) is 25.7. The zero-order valence-corrected chi connectivity index (χ0v) is 28.0. The van der Waals surface area contributed by atoms with Gasteiger partial charge in [-0.2, -0.15) is 0 Å². The maximum Gasteiger partial charge on any atom is 0.136 e. The molecule has 2 nitrogen and oxygen atoms in total. The number of furan rings is 2. The lowest BCUT2D eigenvalue weighted by Gasteiger charge is -2.18. The number of benzene rings is 10. The highest BCUT2D eigenvalue weighted by molar-refractivity contribution is 6.23. The molecule has 0 saturated heterocycles. The Morgan fingerprint density at radius 2 is 0.577 bits per heavy atom. The van der Waals surface area contributed by atoms with Gasteiger partial charge in [-0.05, 0) is 137 Å². The summed E-state index contributed by atoms with van der Waals surface area (Å²) in [6.07, 6.45) is 0. The second-order valence-electron chi connectivity index (χ2n) is 14.1. The smallest absolute Gasteiger partial charge is 0.136 e. The third-order valence-corrected chi connectivity index (χ3v) is 11.1. The van der Waals surface area contributed by atoms with Crippen molar-refractivity contribution in [2.45, 2.75) is 0 Å². The molecule has 0 N–H and O–H groups in total. The Kier molecular flexibility index (Phi) is 5.53. The van der Waals surface area contributed by atoms with Crippen molar-refractivity contribution in [3.63, 3.8) is 0 Å². The fraction of sp³-hybridized carbons (Fsp3) is 0. The summed E-state index contributed by atoms with van der Waals surface area (Å²) in [6, 6.07) is 61.6. The minimum Gasteiger partial charge on any atom is -0.456 e. The van der Waals surface area contributed by atoms with Crippen LogP contribution in [0.2, 0.25) is 0 Å². The first-order valence-corrected chi connectivity index (χ1v) is 17.8. The largest absolute Gasteiger partial charge is 0.456 e. The summed E-state index contributed by atoms with van der Waals surface area (Å²) in [6.45, 7) is 0. The third kappa shape index (κ3) is 3.95. The molecule has 2 aromatic heterocycles. The lowest BCUT2D eigenvalue weighted by molar-refractivity contribution is 0.669. The Bertz CT molecular complexity index is 3410. The number of rotatable bonds is 2. The molecule has 0 unspecified atom stereocenters. The maximum atomic E-state index is 6.49. The summed E-state index contributed by atoms with van der Waals surface area (Å²) in [4.78, 5) is 0. The van der Waals surface area contributed by atoms with Gasteiger partial charge in [0.2, 0.25) is 0 Å². The van der Waals surface area contributed by atoms with Crippen LogP contribution in [0.5, 0.6) is 0 Å². The fourth-order valence-corrected chi connectivity index (χ4v) is 8.74. The molecule has 0 atom stereocenters. The van der Waals surface area contributed by atoms with Gasteiger partial charge < -0.3 is 8.83 Å². The van der Waals surface area contributed by atoms with Gasteiger partial charge in [-0.15, -0.1) is 0 Å². The minimum atomic E-state index is 0.900. The zero-order chi connectivity index (χ0) is 33.9. The normalized spacial score (nSPS) is 12.2. The topological polar surface area (TPSA) is 26.3 Å². The molecular formula is C50H28O2. The summed E-state index contributed by atoms with van der Waals surface area (Å²) in [5.41, 5.74) is 8.46. The lowest BCUT2D eigenvalue weighted by atomic mass is 9.85. The molecular weight excluding hydrogens is 633 g/mol. The quantitative estimate of drug-likeness (QED) is 0.173. The molecule has 0 aliphatic carbocycles. The number of hydrogen-bond acceptors (Lipinski definition) is 2. The predicted molar refractivity (Wildman–Crippen MR) is 219 cm³/mol. The van der Waals surface area contributed by atoms with Gasteiger partial charge in [-0.25, -0.2) is 0 Å². The minimum absolute atomic E-state index is 0.900. The van der Waals surface area contributed by atoms with Crippen molar-refractivity contribution in [3.05, 3.63) is 170 Å². The Morgan fingerprint density at radius 3 is 1.06 bits per heavy atom. The van der Waals surface area contributed by atoms with E-state index in [0.717, 1.165) is 43.9 Å². The van der Waals surface area contributed by atoms with Gasteiger partial charge in [0.05, 0.1) is 0 Å². The van der Waals surface area contributed by atoms with Crippen LogP contribution in [0, 0.1) is 0 Å². The molecule has 2 heterocycles. The SMILES string of the molecule is c1ccc2cc3cc4c(cc3cc2c1)oc1ccc(-c2c3ccccc3c(-c3ccc5oc6cc7ccccc7cc6c5c3)c3ccccc23)cc14. The molecule has 0 amide bonds. The van der Waals surface area contributed by atoms with Crippen LogP contribution in [0.25, 0.3) is 120 Å². The van der Waals surface area contributed by atoms with E-state index in [4.69, 9.17) is 8.83 Å². The fourth-order valence-electron chi connectivity index (χ4n) is 8.74. The van der Waals surface area contributed by atoms with E-state index in [1.54, 1.807) is 0 Å². The Balaban J connectivity index is 1.10. The van der Waals surface area contributed by atoms with E-state index in [9.17, 15) is 0 Å². The van der Waals surface area contributed by atoms with Gasteiger partial charge in [0, 0.05) is 21.5 Å². The Labute approximate surface area is 297 Å². The van der Waals surface area contributed by atoms with Gasteiger partial charge >= 0.3 is 0 Å². The van der Waals surface area contributed by atoms with E-state index in [0.29, 0.717) is 0 Å². The average Bonchev–Trinajstić information content (AvgIpc) is 3.73. The highest BCUT2D eigenvalue weighted by Gasteiger charge is 2.19. The summed E-state index contributed by atoms with van der Waals surface area (Å²) < 4.78 is 12.9. The van der Waals surface area contributed by atoms with E-state index < -0.39 is 0 Å². The lowest BCUT2D eigenvalue weighted by Crippen LogP contribution is -1.90. The number of hydrogen-bond donors (Lipinski definition) is 0. The zero-order valence-electron chi connectivity index (χ0n) is 28.0. The monoisotopic (exact) mass is 660 g/mol. The van der Waals surface area contributed by atoms with Crippen molar-refractivity contribution in [1.29, 1.82) is 0 Å².